The summed E-state index contributed by atoms with van der Waals surface area (Å²) < 4.78 is 32.7. The molecule has 0 aliphatic carbocycles. The van der Waals surface area contributed by atoms with Crippen molar-refractivity contribution in [3.8, 4) is 5.75 Å². The summed E-state index contributed by atoms with van der Waals surface area (Å²) in [7, 11) is -3.56. The average Bonchev–Trinajstić information content (AvgIpc) is 3.04. The van der Waals surface area contributed by atoms with Crippen molar-refractivity contribution in [2.45, 2.75) is 31.6 Å². The van der Waals surface area contributed by atoms with Gasteiger partial charge in [-0.05, 0) is 57.1 Å². The molecule has 1 aliphatic heterocycles. The van der Waals surface area contributed by atoms with Crippen LogP contribution >= 0.6 is 12.2 Å². The zero-order valence-corrected chi connectivity index (χ0v) is 15.1. The molecule has 1 fully saturated rings. The molecule has 1 aliphatic rings. The number of rotatable bonds is 6. The number of nitrogens with zero attached hydrogens (tertiary/aromatic N) is 1. The van der Waals surface area contributed by atoms with Crippen molar-refractivity contribution >= 4 is 33.0 Å². The smallest absolute Gasteiger partial charge is 0.246 e. The highest BCUT2D eigenvalue weighted by molar-refractivity contribution is 7.89. The van der Waals surface area contributed by atoms with Gasteiger partial charge in [-0.2, -0.15) is 4.31 Å². The van der Waals surface area contributed by atoms with Gasteiger partial charge in [0.25, 0.3) is 0 Å². The fourth-order valence-corrected chi connectivity index (χ4v) is 4.40. The lowest BCUT2D eigenvalue weighted by molar-refractivity contribution is 0.330. The summed E-state index contributed by atoms with van der Waals surface area (Å²) in [4.78, 5) is 0.186. The summed E-state index contributed by atoms with van der Waals surface area (Å²) in [5.74, 6) is 0.374. The average molecular weight is 358 g/mol. The molecule has 1 aromatic rings. The van der Waals surface area contributed by atoms with Crippen molar-refractivity contribution in [2.75, 3.05) is 31.6 Å². The maximum atomic E-state index is 12.9. The molecule has 0 amide bonds. The van der Waals surface area contributed by atoms with E-state index in [2.05, 4.69) is 10.6 Å². The molecule has 0 atom stereocenters. The van der Waals surface area contributed by atoms with E-state index in [0.717, 1.165) is 12.8 Å². The van der Waals surface area contributed by atoms with E-state index in [4.69, 9.17) is 17.0 Å². The third-order valence-corrected chi connectivity index (χ3v) is 5.69. The minimum atomic E-state index is -3.56. The molecule has 6 nitrogen and oxygen atoms in total. The summed E-state index contributed by atoms with van der Waals surface area (Å²) in [6.07, 6.45) is 1.79. The van der Waals surface area contributed by atoms with E-state index in [0.29, 0.717) is 42.8 Å². The molecule has 1 heterocycles. The van der Waals surface area contributed by atoms with Crippen molar-refractivity contribution in [3.05, 3.63) is 18.2 Å². The van der Waals surface area contributed by atoms with Gasteiger partial charge >= 0.3 is 0 Å². The van der Waals surface area contributed by atoms with Crippen LogP contribution in [0.25, 0.3) is 0 Å². The monoisotopic (exact) mass is 357 g/mol. The van der Waals surface area contributed by atoms with Gasteiger partial charge < -0.3 is 15.4 Å². The van der Waals surface area contributed by atoms with Crippen molar-refractivity contribution in [1.82, 2.24) is 9.62 Å². The lowest BCUT2D eigenvalue weighted by atomic mass is 10.3. The highest BCUT2D eigenvalue weighted by atomic mass is 32.2. The van der Waals surface area contributed by atoms with Crippen LogP contribution in [0.3, 0.4) is 0 Å². The third kappa shape index (κ3) is 4.33. The molecule has 2 N–H and O–H groups in total. The van der Waals surface area contributed by atoms with Gasteiger partial charge in [-0.15, -0.1) is 0 Å². The molecule has 0 spiro atoms. The van der Waals surface area contributed by atoms with Gasteiger partial charge in [0, 0.05) is 25.3 Å². The summed E-state index contributed by atoms with van der Waals surface area (Å²) in [6, 6.07) is 5.02. The van der Waals surface area contributed by atoms with E-state index in [1.54, 1.807) is 18.2 Å². The van der Waals surface area contributed by atoms with Crippen molar-refractivity contribution in [3.63, 3.8) is 0 Å². The van der Waals surface area contributed by atoms with E-state index in [1.807, 2.05) is 13.8 Å². The first-order chi connectivity index (χ1) is 11.0. The van der Waals surface area contributed by atoms with Gasteiger partial charge in [-0.1, -0.05) is 0 Å². The molecule has 1 aromatic carbocycles. The van der Waals surface area contributed by atoms with E-state index < -0.39 is 10.0 Å². The second-order valence-corrected chi connectivity index (χ2v) is 7.50. The summed E-state index contributed by atoms with van der Waals surface area (Å²) in [6.45, 7) is 5.99. The Morgan fingerprint density at radius 2 is 2.00 bits per heavy atom. The van der Waals surface area contributed by atoms with Gasteiger partial charge in [-0.25, -0.2) is 8.42 Å². The maximum Gasteiger partial charge on any atom is 0.246 e. The minimum absolute atomic E-state index is 0.186. The van der Waals surface area contributed by atoms with Crippen LogP contribution in [-0.4, -0.2) is 44.1 Å². The van der Waals surface area contributed by atoms with Crippen molar-refractivity contribution in [1.29, 1.82) is 0 Å². The standard InChI is InChI=1S/C15H23N3O3S2/c1-3-16-15(22)17-12-7-8-13(21-4-2)14(11-12)23(19,20)18-9-5-6-10-18/h7-8,11H,3-6,9-10H2,1-2H3,(H2,16,17,22). The first-order valence-corrected chi connectivity index (χ1v) is 9.65. The Labute approximate surface area is 143 Å². The van der Waals surface area contributed by atoms with Crippen LogP contribution in [0, 0.1) is 0 Å². The highest BCUT2D eigenvalue weighted by Crippen LogP contribution is 2.31. The molecule has 0 aromatic heterocycles. The number of hydrogen-bond donors (Lipinski definition) is 2. The lowest BCUT2D eigenvalue weighted by Gasteiger charge is -2.19. The van der Waals surface area contributed by atoms with E-state index in [1.165, 1.54) is 4.31 Å². The maximum absolute atomic E-state index is 12.9. The Hall–Kier alpha value is -1.38. The molecule has 1 saturated heterocycles. The molecular formula is C15H23N3O3S2. The van der Waals surface area contributed by atoms with E-state index in [9.17, 15) is 8.42 Å². The molecule has 0 saturated carbocycles. The van der Waals surface area contributed by atoms with Crippen LogP contribution in [-0.2, 0) is 10.0 Å². The van der Waals surface area contributed by atoms with Crippen LogP contribution in [0.4, 0.5) is 5.69 Å². The second kappa shape index (κ2) is 7.94. The molecular weight excluding hydrogens is 334 g/mol. The summed E-state index contributed by atoms with van der Waals surface area (Å²) >= 11 is 5.15. The summed E-state index contributed by atoms with van der Waals surface area (Å²) in [5, 5.41) is 6.43. The zero-order chi connectivity index (χ0) is 16.9. The highest BCUT2D eigenvalue weighted by Gasteiger charge is 2.30. The number of ether oxygens (including phenoxy) is 1. The molecule has 23 heavy (non-hydrogen) atoms. The van der Waals surface area contributed by atoms with Crippen LogP contribution in [0.5, 0.6) is 5.75 Å². The number of sulfonamides is 1. The lowest BCUT2D eigenvalue weighted by Crippen LogP contribution is -2.29. The first kappa shape index (κ1) is 18.0. The normalized spacial score (nSPS) is 15.4. The largest absolute Gasteiger partial charge is 0.492 e. The first-order valence-electron chi connectivity index (χ1n) is 7.81. The quantitative estimate of drug-likeness (QED) is 0.761. The predicted octanol–water partition coefficient (Wildman–Crippen LogP) is 2.18. The summed E-state index contributed by atoms with van der Waals surface area (Å²) in [5.41, 5.74) is 0.622. The fourth-order valence-electron chi connectivity index (χ4n) is 2.47. The van der Waals surface area contributed by atoms with Gasteiger partial charge in [-0.3, -0.25) is 0 Å². The topological polar surface area (TPSA) is 70.7 Å². The van der Waals surface area contributed by atoms with E-state index >= 15 is 0 Å². The Bertz CT molecular complexity index is 656. The number of thiocarbonyl (C=S) groups is 1. The molecule has 128 valence electrons. The van der Waals surface area contributed by atoms with Crippen molar-refractivity contribution < 1.29 is 13.2 Å². The number of hydrogen-bond acceptors (Lipinski definition) is 4. The molecule has 0 bridgehead atoms. The van der Waals surface area contributed by atoms with Crippen molar-refractivity contribution in [2.24, 2.45) is 0 Å². The number of nitrogens with one attached hydrogen (secondary N) is 2. The Morgan fingerprint density at radius 1 is 1.30 bits per heavy atom. The second-order valence-electron chi connectivity index (χ2n) is 5.19. The van der Waals surface area contributed by atoms with Crippen LogP contribution in [0.2, 0.25) is 0 Å². The molecule has 8 heteroatoms. The fraction of sp³-hybridized carbons (Fsp3) is 0.533. The molecule has 0 unspecified atom stereocenters. The van der Waals surface area contributed by atoms with Gasteiger partial charge in [0.15, 0.2) is 5.11 Å². The van der Waals surface area contributed by atoms with Gasteiger partial charge in [0.2, 0.25) is 10.0 Å². The van der Waals surface area contributed by atoms with Gasteiger partial charge in [0.05, 0.1) is 6.61 Å². The zero-order valence-electron chi connectivity index (χ0n) is 13.5. The third-order valence-electron chi connectivity index (χ3n) is 3.52. The van der Waals surface area contributed by atoms with Crippen LogP contribution < -0.4 is 15.4 Å². The molecule has 2 rings (SSSR count). The Morgan fingerprint density at radius 3 is 2.61 bits per heavy atom. The van der Waals surface area contributed by atoms with Gasteiger partial charge in [0.1, 0.15) is 10.6 Å². The van der Waals surface area contributed by atoms with E-state index in [-0.39, 0.29) is 4.90 Å². The Kier molecular flexibility index (Phi) is 6.20. The predicted molar refractivity (Wildman–Crippen MR) is 95.5 cm³/mol. The Balaban J connectivity index is 2.35. The van der Waals surface area contributed by atoms with Crippen LogP contribution in [0.15, 0.2) is 23.1 Å². The van der Waals surface area contributed by atoms with Crippen LogP contribution in [0.1, 0.15) is 26.7 Å². The number of anilines is 1. The minimum Gasteiger partial charge on any atom is -0.492 e. The SMILES string of the molecule is CCNC(=S)Nc1ccc(OCC)c(S(=O)(=O)N2CCCC2)c1. The molecule has 0 radical (unpaired) electrons. The number of benzene rings is 1.